The lowest BCUT2D eigenvalue weighted by molar-refractivity contribution is -0.158. The maximum atomic E-state index is 15.0. The van der Waals surface area contributed by atoms with Gasteiger partial charge in [0.15, 0.2) is 57.1 Å². The number of aromatic amines is 2. The van der Waals surface area contributed by atoms with E-state index in [1.54, 1.807) is 28.4 Å². The van der Waals surface area contributed by atoms with Crippen LogP contribution in [0.4, 0.5) is 0 Å². The third-order valence-corrected chi connectivity index (χ3v) is 28.8. The first-order chi connectivity index (χ1) is 55.7. The molecule has 0 saturated carbocycles. The molecule has 4 fully saturated rings. The first-order valence-electron chi connectivity index (χ1n) is 38.7. The molecule has 14 atom stereocenters. The van der Waals surface area contributed by atoms with Crippen molar-refractivity contribution in [2.45, 2.75) is 179 Å². The van der Waals surface area contributed by atoms with Gasteiger partial charge < -0.3 is 82.3 Å². The summed E-state index contributed by atoms with van der Waals surface area (Å²) in [6.07, 6.45) is 4.14. The molecule has 14 aliphatic heterocycles. The number of carbonyl (C=O) groups is 4. The van der Waals surface area contributed by atoms with Crippen molar-refractivity contribution in [3.8, 4) is 81.1 Å². The van der Waals surface area contributed by atoms with E-state index in [2.05, 4.69) is 65.4 Å². The molecule has 0 amide bonds. The van der Waals surface area contributed by atoms with Gasteiger partial charge in [-0.2, -0.15) is 10.5 Å². The van der Waals surface area contributed by atoms with Crippen LogP contribution in [0.3, 0.4) is 0 Å². The first-order valence-corrected chi connectivity index (χ1v) is 40.8. The maximum absolute atomic E-state index is 15.0. The van der Waals surface area contributed by atoms with E-state index < -0.39 is 93.8 Å². The van der Waals surface area contributed by atoms with E-state index in [-0.39, 0.29) is 91.6 Å². The number of piperazine rings is 2. The number of phenols is 2. The number of aromatic nitrogens is 2. The number of nitrogens with one attached hydrogen (secondary N) is 5. The molecule has 628 valence electrons. The summed E-state index contributed by atoms with van der Waals surface area (Å²) in [5.74, 6) is 3.36. The standard InChI is InChI=1S/C44H45N5O9S.C41H41N5O9S.4CH4/c1-7-12-48-28-14-23-13-20(2)37(54-6)36(51)31(23)34(48)35-41-33-32(40-39(56-19-57-40)21(3)38(33)58-22(4)50)30(49(35)29(28)16-45)17-55-43(52)44(18-59-41)42-25(10-11-46-44)26-15-24(53-5)8-9-27(26)47-42;1-17-10-20-11-25-26(13-42)46-27-14-52-40(49)41(39-22(8-9-43-41)23-12-21(50-4)6-7-24(23)45-39)15-56-38(32(46)31(44-25)28(20)33(48)34(17)51-5)30-29(27)37-36(53-16-54-37)18(2)35(30)55-19(3)47;;;;/h7-9,13,15,28-30,34-35,41,46-47,51H,1,10-12,14,17-19H2,2-6H3;6-7,10,12,25-27,31-32,38,43-45,48H,8-9,11,14-16H2,1-5H3;4*1H4/t28-,29-,30-,34+,35?,41+,44+;25-,26-,27-,31+,32?,38+,41+;;;;/m00..../s1. The Balaban J connectivity index is 0.000000180. The van der Waals surface area contributed by atoms with Crippen molar-refractivity contribution in [1.82, 2.24) is 40.6 Å². The summed E-state index contributed by atoms with van der Waals surface area (Å²) >= 11 is 3.05. The van der Waals surface area contributed by atoms with Gasteiger partial charge in [0, 0.05) is 135 Å². The average molecular weight is 1660 g/mol. The average Bonchev–Trinajstić information content (AvgIpc) is 1.51. The minimum atomic E-state index is -1.31. The number of rotatable bonds is 8. The van der Waals surface area contributed by atoms with E-state index in [1.165, 1.54) is 37.4 Å². The van der Waals surface area contributed by atoms with Crippen LogP contribution in [-0.2, 0) is 65.4 Å². The van der Waals surface area contributed by atoms with Crippen LogP contribution in [0.15, 0.2) is 61.2 Å². The molecule has 4 saturated heterocycles. The van der Waals surface area contributed by atoms with Crippen molar-refractivity contribution in [3.05, 3.63) is 150 Å². The summed E-state index contributed by atoms with van der Waals surface area (Å²) in [4.78, 5) is 69.7. The summed E-state index contributed by atoms with van der Waals surface area (Å²) in [7, 11) is 6.36. The second-order valence-electron chi connectivity index (χ2n) is 31.5. The Labute approximate surface area is 699 Å². The predicted molar refractivity (Wildman–Crippen MR) is 448 cm³/mol. The molecular formula is C89H102N10O18S2. The number of H-pyrrole nitrogens is 2. The zero-order valence-electron chi connectivity index (χ0n) is 65.0. The summed E-state index contributed by atoms with van der Waals surface area (Å²) in [6.45, 7) is 15.4. The van der Waals surface area contributed by atoms with E-state index in [0.29, 0.717) is 147 Å². The number of hydrogen-bond donors (Lipinski definition) is 7. The van der Waals surface area contributed by atoms with Crippen molar-refractivity contribution < 1.29 is 86.2 Å². The molecule has 7 N–H and O–H groups in total. The molecular weight excluding hydrogens is 1560 g/mol. The monoisotopic (exact) mass is 1660 g/mol. The largest absolute Gasteiger partial charge is 0.504 e. The Morgan fingerprint density at radius 1 is 0.597 bits per heavy atom. The van der Waals surface area contributed by atoms with Gasteiger partial charge in [-0.15, -0.1) is 30.1 Å². The second-order valence-corrected chi connectivity index (χ2v) is 33.8. The van der Waals surface area contributed by atoms with Gasteiger partial charge in [0.2, 0.25) is 13.6 Å². The number of phenolic OH excluding ortho intramolecular Hbond substituents is 2. The number of nitriles is 2. The van der Waals surface area contributed by atoms with Crippen molar-refractivity contribution in [3.63, 3.8) is 0 Å². The lowest BCUT2D eigenvalue weighted by Gasteiger charge is -2.62. The van der Waals surface area contributed by atoms with Gasteiger partial charge in [-0.3, -0.25) is 34.9 Å². The smallest absolute Gasteiger partial charge is 0.333 e. The Morgan fingerprint density at radius 3 is 1.52 bits per heavy atom. The molecule has 0 aliphatic carbocycles. The summed E-state index contributed by atoms with van der Waals surface area (Å²) in [5.41, 5.74) is 11.5. The number of methoxy groups -OCH3 is 4. The molecule has 0 radical (unpaired) electrons. The van der Waals surface area contributed by atoms with Crippen LogP contribution in [0.2, 0.25) is 0 Å². The minimum absolute atomic E-state index is 0. The Morgan fingerprint density at radius 2 is 1.06 bits per heavy atom. The second kappa shape index (κ2) is 31.2. The van der Waals surface area contributed by atoms with Gasteiger partial charge in [0.25, 0.3) is 0 Å². The van der Waals surface area contributed by atoms with Gasteiger partial charge in [0.1, 0.15) is 48.3 Å². The van der Waals surface area contributed by atoms with Crippen LogP contribution in [0, 0.1) is 50.4 Å². The molecule has 2 aromatic heterocycles. The number of fused-ring (bicyclic) bond motifs is 22. The number of carbonyl (C=O) groups excluding carboxylic acids is 4. The van der Waals surface area contributed by atoms with Gasteiger partial charge in [-0.25, -0.2) is 9.59 Å². The third-order valence-electron chi connectivity index (χ3n) is 25.8. The highest BCUT2D eigenvalue weighted by molar-refractivity contribution is 7.99. The fraction of sp³-hybridized carbons (Fsp3) is 0.461. The van der Waals surface area contributed by atoms with Crippen LogP contribution in [0.1, 0.15) is 167 Å². The number of aryl methyl sites for hydroxylation is 2. The van der Waals surface area contributed by atoms with E-state index in [1.807, 2.05) is 76.2 Å². The van der Waals surface area contributed by atoms with Crippen molar-refractivity contribution >= 4 is 69.2 Å². The van der Waals surface area contributed by atoms with Crippen LogP contribution in [-0.4, -0.2) is 181 Å². The van der Waals surface area contributed by atoms with Gasteiger partial charge in [-0.05, 0) is 123 Å². The van der Waals surface area contributed by atoms with Crippen LogP contribution < -0.4 is 63.3 Å². The van der Waals surface area contributed by atoms with E-state index in [9.17, 15) is 39.9 Å². The summed E-state index contributed by atoms with van der Waals surface area (Å²) in [6, 6.07) is 15.5. The van der Waals surface area contributed by atoms with Crippen molar-refractivity contribution in [2.75, 3.05) is 86.4 Å². The summed E-state index contributed by atoms with van der Waals surface area (Å²) < 4.78 is 72.8. The highest BCUT2D eigenvalue weighted by Gasteiger charge is 2.65. The molecule has 22 rings (SSSR count). The Hall–Kier alpha value is -10.5. The number of hydrogen-bond acceptors (Lipinski definition) is 28. The Kier molecular flexibility index (Phi) is 21.9. The van der Waals surface area contributed by atoms with Crippen LogP contribution >= 0.6 is 23.5 Å². The predicted octanol–water partition coefficient (Wildman–Crippen LogP) is 12.3. The number of esters is 4. The highest BCUT2D eigenvalue weighted by atomic mass is 32.2. The van der Waals surface area contributed by atoms with Gasteiger partial charge in [0.05, 0.1) is 86.6 Å². The molecule has 2 spiro atoms. The van der Waals surface area contributed by atoms with Crippen LogP contribution in [0.25, 0.3) is 21.8 Å². The normalized spacial score (nSPS) is 27.2. The molecule has 2 unspecified atom stereocenters. The van der Waals surface area contributed by atoms with E-state index >= 15 is 0 Å². The molecule has 119 heavy (non-hydrogen) atoms. The molecule has 14 aliphatic rings. The number of ether oxygens (including phenoxy) is 12. The zero-order chi connectivity index (χ0) is 79.9. The van der Waals surface area contributed by atoms with E-state index in [0.717, 1.165) is 66.6 Å². The molecule has 30 heteroatoms. The van der Waals surface area contributed by atoms with Crippen molar-refractivity contribution in [2.24, 2.45) is 0 Å². The van der Waals surface area contributed by atoms with Crippen LogP contribution in [0.5, 0.6) is 69.0 Å². The quantitative estimate of drug-likeness (QED) is 0.0422. The number of thioether (sulfide) groups is 2. The Bertz CT molecular complexity index is 5640. The minimum Gasteiger partial charge on any atom is -0.504 e. The molecule has 28 nitrogen and oxygen atoms in total. The zero-order valence-corrected chi connectivity index (χ0v) is 66.6. The molecule has 8 bridgehead atoms. The number of aromatic hydroxyl groups is 2. The topological polar surface area (TPSA) is 344 Å². The van der Waals surface area contributed by atoms with E-state index in [4.69, 9.17) is 56.8 Å². The fourth-order valence-electron chi connectivity index (χ4n) is 21.4. The highest BCUT2D eigenvalue weighted by Crippen LogP contribution is 2.67. The summed E-state index contributed by atoms with van der Waals surface area (Å²) in [5, 5.41) is 58.4. The third kappa shape index (κ3) is 12.1. The lowest BCUT2D eigenvalue weighted by atomic mass is 9.71. The molecule has 16 heterocycles. The number of benzene rings is 6. The van der Waals surface area contributed by atoms with Crippen molar-refractivity contribution in [1.29, 1.82) is 10.5 Å². The fourth-order valence-corrected chi connectivity index (χ4v) is 24.7. The first kappa shape index (κ1) is 83.5. The SMILES string of the molecule is C.C.C.C.C=CCN1[C@@H]2c3c(cc(C)c(OC)c3O)C[C@H]1[C@H](C#N)N1C2[C@@H]2SC[C@]3(NCCc4c3[nH]c3ccc(OC)cc43)C(=O)OC[C@H]1c1c3c(c(C)c(OC(C)=O)c12)OCO3.COc1ccc2[nH]c3c(c2c1)CCN[C@]31CS[C@@H]2c3c(OC(C)=O)c(C)c4c(c3[C@H](COC1=O)N1C2[C@@H]2N[C@@H](Cc3cc(C)c(OC)c(O)c32)[C@@H]1C#N)OCO4. The lowest BCUT2D eigenvalue weighted by Crippen LogP contribution is -2.70. The maximum Gasteiger partial charge on any atom is 0.333 e. The molecule has 8 aromatic rings. The van der Waals surface area contributed by atoms with Gasteiger partial charge >= 0.3 is 23.9 Å². The number of nitrogens with zero attached hydrogens (tertiary/aromatic N) is 5. The van der Waals surface area contributed by atoms with Gasteiger partial charge in [-0.1, -0.05) is 47.9 Å². The molecule has 6 aromatic carbocycles.